The molecular weight excluding hydrogens is 270 g/mol. The summed E-state index contributed by atoms with van der Waals surface area (Å²) in [4.78, 5) is 18.3. The minimum atomic E-state index is -0.497. The number of methoxy groups -OCH3 is 1. The highest BCUT2D eigenvalue weighted by Crippen LogP contribution is 2.13. The number of fused-ring (bicyclic) bond motifs is 1. The van der Waals surface area contributed by atoms with E-state index in [-0.39, 0.29) is 5.97 Å². The van der Waals surface area contributed by atoms with E-state index in [1.165, 1.54) is 12.7 Å². The van der Waals surface area contributed by atoms with Crippen LogP contribution in [0.4, 0.5) is 0 Å². The lowest BCUT2D eigenvalue weighted by atomic mass is 10.2. The Kier molecular flexibility index (Phi) is 3.90. The van der Waals surface area contributed by atoms with Crippen molar-refractivity contribution in [3.8, 4) is 0 Å². The molecule has 0 amide bonds. The number of nitrogens with zero attached hydrogens (tertiary/aromatic N) is 3. The number of esters is 1. The number of imidazole rings is 1. The molecular formula is C15H19N3O3. The summed E-state index contributed by atoms with van der Waals surface area (Å²) < 4.78 is 12.2. The van der Waals surface area contributed by atoms with Crippen molar-refractivity contribution in [3.63, 3.8) is 0 Å². The second-order valence-corrected chi connectivity index (χ2v) is 5.32. The van der Waals surface area contributed by atoms with Gasteiger partial charge in [-0.2, -0.15) is 0 Å². The van der Waals surface area contributed by atoms with E-state index in [1.807, 2.05) is 22.7 Å². The molecule has 3 heterocycles. The Balaban J connectivity index is 1.71. The average molecular weight is 289 g/mol. The van der Waals surface area contributed by atoms with Crippen molar-refractivity contribution in [2.24, 2.45) is 0 Å². The number of carbonyl (C=O) groups is 1. The van der Waals surface area contributed by atoms with Crippen LogP contribution in [0.5, 0.6) is 0 Å². The molecule has 1 saturated heterocycles. The Labute approximate surface area is 123 Å². The first-order valence-corrected chi connectivity index (χ1v) is 7.02. The summed E-state index contributed by atoms with van der Waals surface area (Å²) in [6, 6.07) is 4.06. The zero-order chi connectivity index (χ0) is 14.8. The molecule has 0 N–H and O–H groups in total. The van der Waals surface area contributed by atoms with Crippen LogP contribution >= 0.6 is 0 Å². The maximum Gasteiger partial charge on any atom is 0.336 e. The highest BCUT2D eigenvalue weighted by Gasteiger charge is 2.27. The van der Waals surface area contributed by atoms with Gasteiger partial charge in [0.2, 0.25) is 0 Å². The van der Waals surface area contributed by atoms with Gasteiger partial charge in [0, 0.05) is 32.0 Å². The normalized spacial score (nSPS) is 19.8. The maximum absolute atomic E-state index is 11.5. The van der Waals surface area contributed by atoms with Crippen LogP contribution in [0.25, 0.3) is 5.65 Å². The van der Waals surface area contributed by atoms with Crippen molar-refractivity contribution in [2.75, 3.05) is 26.8 Å². The standard InChI is InChI=1S/C15H19N3O3/c1-11-3-4-14-16-12(9-18(14)7-11)8-17-5-6-21-13(10-17)15(19)20-2/h3-4,7,9,13H,5-6,8,10H2,1-2H3/t13-/m1/s1. The Morgan fingerprint density at radius 1 is 1.48 bits per heavy atom. The summed E-state index contributed by atoms with van der Waals surface area (Å²) in [6.07, 6.45) is 3.59. The van der Waals surface area contributed by atoms with Gasteiger partial charge in [-0.1, -0.05) is 6.07 Å². The van der Waals surface area contributed by atoms with Crippen LogP contribution in [0.1, 0.15) is 11.3 Å². The number of hydrogen-bond donors (Lipinski definition) is 0. The van der Waals surface area contributed by atoms with Crippen LogP contribution in [-0.4, -0.2) is 53.2 Å². The van der Waals surface area contributed by atoms with Gasteiger partial charge in [-0.05, 0) is 18.6 Å². The van der Waals surface area contributed by atoms with E-state index in [4.69, 9.17) is 9.47 Å². The molecule has 0 bridgehead atoms. The van der Waals surface area contributed by atoms with Gasteiger partial charge in [0.1, 0.15) is 5.65 Å². The third-order valence-corrected chi connectivity index (χ3v) is 3.65. The molecule has 1 atom stereocenters. The molecule has 1 fully saturated rings. The first-order chi connectivity index (χ1) is 10.2. The Bertz CT molecular complexity index is 653. The summed E-state index contributed by atoms with van der Waals surface area (Å²) in [5.74, 6) is -0.315. The molecule has 0 aliphatic carbocycles. The number of pyridine rings is 1. The lowest BCUT2D eigenvalue weighted by Crippen LogP contribution is -2.46. The minimum absolute atomic E-state index is 0.315. The van der Waals surface area contributed by atoms with E-state index in [1.54, 1.807) is 0 Å². The van der Waals surface area contributed by atoms with Crippen molar-refractivity contribution in [3.05, 3.63) is 35.8 Å². The molecule has 6 nitrogen and oxygen atoms in total. The summed E-state index contributed by atoms with van der Waals surface area (Å²) in [5.41, 5.74) is 3.13. The highest BCUT2D eigenvalue weighted by atomic mass is 16.6. The van der Waals surface area contributed by atoms with Gasteiger partial charge in [0.05, 0.1) is 19.4 Å². The Hall–Kier alpha value is -1.92. The van der Waals surface area contributed by atoms with Gasteiger partial charge in [-0.15, -0.1) is 0 Å². The molecule has 1 aliphatic rings. The Morgan fingerprint density at radius 2 is 2.33 bits per heavy atom. The molecule has 2 aromatic heterocycles. The van der Waals surface area contributed by atoms with Gasteiger partial charge < -0.3 is 13.9 Å². The summed E-state index contributed by atoms with van der Waals surface area (Å²) >= 11 is 0. The second-order valence-electron chi connectivity index (χ2n) is 5.32. The van der Waals surface area contributed by atoms with Crippen LogP contribution in [0.3, 0.4) is 0 Å². The average Bonchev–Trinajstić information content (AvgIpc) is 2.88. The maximum atomic E-state index is 11.5. The van der Waals surface area contributed by atoms with Crippen molar-refractivity contribution < 1.29 is 14.3 Å². The third kappa shape index (κ3) is 3.06. The summed E-state index contributed by atoms with van der Waals surface area (Å²) in [6.45, 7) is 4.63. The van der Waals surface area contributed by atoms with Crippen LogP contribution in [0.15, 0.2) is 24.5 Å². The summed E-state index contributed by atoms with van der Waals surface area (Å²) in [7, 11) is 1.38. The van der Waals surface area contributed by atoms with E-state index < -0.39 is 6.10 Å². The highest BCUT2D eigenvalue weighted by molar-refractivity contribution is 5.74. The predicted octanol–water partition coefficient (Wildman–Crippen LogP) is 1.02. The van der Waals surface area contributed by atoms with E-state index in [0.29, 0.717) is 19.7 Å². The number of aryl methyl sites for hydroxylation is 1. The van der Waals surface area contributed by atoms with E-state index in [2.05, 4.69) is 23.0 Å². The second kappa shape index (κ2) is 5.83. The molecule has 112 valence electrons. The van der Waals surface area contributed by atoms with Gasteiger partial charge >= 0.3 is 5.97 Å². The summed E-state index contributed by atoms with van der Waals surface area (Å²) in [5, 5.41) is 0. The fourth-order valence-corrected chi connectivity index (χ4v) is 2.58. The van der Waals surface area contributed by atoms with E-state index >= 15 is 0 Å². The smallest absolute Gasteiger partial charge is 0.336 e. The van der Waals surface area contributed by atoms with E-state index in [0.717, 1.165) is 17.9 Å². The molecule has 0 spiro atoms. The Morgan fingerprint density at radius 3 is 3.14 bits per heavy atom. The number of rotatable bonds is 3. The topological polar surface area (TPSA) is 56.1 Å². The van der Waals surface area contributed by atoms with E-state index in [9.17, 15) is 4.79 Å². The number of aromatic nitrogens is 2. The number of hydrogen-bond acceptors (Lipinski definition) is 5. The zero-order valence-electron chi connectivity index (χ0n) is 12.3. The number of morpholine rings is 1. The van der Waals surface area contributed by atoms with Crippen molar-refractivity contribution in [1.82, 2.24) is 14.3 Å². The molecule has 1 aliphatic heterocycles. The van der Waals surface area contributed by atoms with Crippen LogP contribution in [-0.2, 0) is 20.8 Å². The lowest BCUT2D eigenvalue weighted by molar-refractivity contribution is -0.160. The largest absolute Gasteiger partial charge is 0.467 e. The van der Waals surface area contributed by atoms with Crippen LogP contribution < -0.4 is 0 Å². The van der Waals surface area contributed by atoms with Crippen molar-refractivity contribution in [1.29, 1.82) is 0 Å². The monoisotopic (exact) mass is 289 g/mol. The zero-order valence-corrected chi connectivity index (χ0v) is 12.3. The quantitative estimate of drug-likeness (QED) is 0.790. The SMILES string of the molecule is COC(=O)[C@H]1CN(Cc2cn3cc(C)ccc3n2)CCO1. The molecule has 6 heteroatoms. The van der Waals surface area contributed by atoms with Gasteiger partial charge in [0.25, 0.3) is 0 Å². The molecule has 0 aromatic carbocycles. The fourth-order valence-electron chi connectivity index (χ4n) is 2.58. The molecule has 0 saturated carbocycles. The first-order valence-electron chi connectivity index (χ1n) is 7.02. The molecule has 0 unspecified atom stereocenters. The minimum Gasteiger partial charge on any atom is -0.467 e. The van der Waals surface area contributed by atoms with Crippen molar-refractivity contribution >= 4 is 11.6 Å². The lowest BCUT2D eigenvalue weighted by Gasteiger charge is -2.30. The molecule has 0 radical (unpaired) electrons. The predicted molar refractivity (Wildman–Crippen MR) is 77.0 cm³/mol. The van der Waals surface area contributed by atoms with Crippen molar-refractivity contribution in [2.45, 2.75) is 19.6 Å². The molecule has 21 heavy (non-hydrogen) atoms. The molecule has 2 aromatic rings. The van der Waals surface area contributed by atoms with Crippen LogP contribution in [0.2, 0.25) is 0 Å². The van der Waals surface area contributed by atoms with Gasteiger partial charge in [0.15, 0.2) is 6.10 Å². The number of ether oxygens (including phenoxy) is 2. The van der Waals surface area contributed by atoms with Gasteiger partial charge in [-0.25, -0.2) is 9.78 Å². The molecule has 3 rings (SSSR count). The van der Waals surface area contributed by atoms with Gasteiger partial charge in [-0.3, -0.25) is 4.90 Å². The number of carbonyl (C=O) groups excluding carboxylic acids is 1. The van der Waals surface area contributed by atoms with Crippen LogP contribution in [0, 0.1) is 6.92 Å². The third-order valence-electron chi connectivity index (χ3n) is 3.65. The first kappa shape index (κ1) is 14.0. The fraction of sp³-hybridized carbons (Fsp3) is 0.467.